The van der Waals surface area contributed by atoms with Crippen LogP contribution in [0.4, 0.5) is 0 Å². The molecule has 2 fully saturated rings. The molecule has 2 atom stereocenters. The Kier molecular flexibility index (Phi) is 6.80. The predicted molar refractivity (Wildman–Crippen MR) is 80.6 cm³/mol. The van der Waals surface area contributed by atoms with Gasteiger partial charge in [0.25, 0.3) is 0 Å². The molecular weight excluding hydrogens is 252 g/mol. The lowest BCUT2D eigenvalue weighted by Crippen LogP contribution is -2.36. The molecule has 4 nitrogen and oxygen atoms in total. The molecule has 1 aliphatic carbocycles. The molecule has 4 heteroatoms. The first-order valence-electron chi connectivity index (χ1n) is 8.34. The summed E-state index contributed by atoms with van der Waals surface area (Å²) >= 11 is 0. The van der Waals surface area contributed by atoms with Gasteiger partial charge in [-0.05, 0) is 50.6 Å². The molecule has 0 bridgehead atoms. The van der Waals surface area contributed by atoms with Gasteiger partial charge in [0.1, 0.15) is 0 Å². The Morgan fingerprint density at radius 2 is 2.10 bits per heavy atom. The summed E-state index contributed by atoms with van der Waals surface area (Å²) in [6.45, 7) is 5.72. The van der Waals surface area contributed by atoms with Crippen molar-refractivity contribution in [3.63, 3.8) is 0 Å². The van der Waals surface area contributed by atoms with E-state index in [1.165, 1.54) is 38.5 Å². The van der Waals surface area contributed by atoms with Crippen LogP contribution in [0.2, 0.25) is 0 Å². The van der Waals surface area contributed by atoms with Gasteiger partial charge in [-0.25, -0.2) is 0 Å². The smallest absolute Gasteiger partial charge is 0.220 e. The fourth-order valence-corrected chi connectivity index (χ4v) is 3.37. The van der Waals surface area contributed by atoms with Crippen molar-refractivity contribution in [3.8, 4) is 0 Å². The summed E-state index contributed by atoms with van der Waals surface area (Å²) < 4.78 is 5.75. The van der Waals surface area contributed by atoms with Crippen molar-refractivity contribution in [2.45, 2.75) is 58.0 Å². The fraction of sp³-hybridized carbons (Fsp3) is 0.938. The summed E-state index contributed by atoms with van der Waals surface area (Å²) in [6.07, 6.45) is 8.57. The number of carbonyl (C=O) groups excluding carboxylic acids is 1. The molecule has 2 aliphatic rings. The molecule has 1 heterocycles. The topological polar surface area (TPSA) is 50.4 Å². The standard InChI is InChI=1S/C16H30N2O2/c1-13(14-5-4-8-17-12-14)11-16(19)18-9-10-20-15-6-2-3-7-15/h13-15,17H,2-12H2,1H3,(H,18,19). The van der Waals surface area contributed by atoms with Crippen molar-refractivity contribution in [3.05, 3.63) is 0 Å². The molecule has 0 aromatic carbocycles. The van der Waals surface area contributed by atoms with E-state index in [-0.39, 0.29) is 5.91 Å². The van der Waals surface area contributed by atoms with Gasteiger partial charge in [-0.2, -0.15) is 0 Å². The summed E-state index contributed by atoms with van der Waals surface area (Å²) in [6, 6.07) is 0. The van der Waals surface area contributed by atoms with Crippen LogP contribution in [0.5, 0.6) is 0 Å². The monoisotopic (exact) mass is 282 g/mol. The van der Waals surface area contributed by atoms with E-state index in [2.05, 4.69) is 17.6 Å². The first-order chi connectivity index (χ1) is 9.75. The molecule has 2 N–H and O–H groups in total. The summed E-state index contributed by atoms with van der Waals surface area (Å²) in [7, 11) is 0. The number of rotatable bonds is 7. The minimum absolute atomic E-state index is 0.179. The van der Waals surface area contributed by atoms with Crippen LogP contribution in [-0.4, -0.2) is 38.3 Å². The van der Waals surface area contributed by atoms with E-state index in [9.17, 15) is 4.79 Å². The Bertz CT molecular complexity index is 284. The lowest BCUT2D eigenvalue weighted by Gasteiger charge is -2.28. The number of ether oxygens (including phenoxy) is 1. The van der Waals surface area contributed by atoms with Crippen molar-refractivity contribution in [1.82, 2.24) is 10.6 Å². The Hall–Kier alpha value is -0.610. The van der Waals surface area contributed by atoms with Crippen molar-refractivity contribution in [1.29, 1.82) is 0 Å². The predicted octanol–water partition coefficient (Wildman–Crippen LogP) is 2.09. The fourth-order valence-electron chi connectivity index (χ4n) is 3.37. The zero-order chi connectivity index (χ0) is 14.2. The number of hydrogen-bond acceptors (Lipinski definition) is 3. The van der Waals surface area contributed by atoms with Crippen LogP contribution in [0.3, 0.4) is 0 Å². The third kappa shape index (κ3) is 5.41. The van der Waals surface area contributed by atoms with E-state index in [1.54, 1.807) is 0 Å². The number of hydrogen-bond donors (Lipinski definition) is 2. The number of carbonyl (C=O) groups is 1. The van der Waals surface area contributed by atoms with Crippen LogP contribution >= 0.6 is 0 Å². The number of amides is 1. The normalized spacial score (nSPS) is 25.6. The van der Waals surface area contributed by atoms with Crippen molar-refractivity contribution < 1.29 is 9.53 Å². The molecule has 2 rings (SSSR count). The minimum Gasteiger partial charge on any atom is -0.376 e. The average Bonchev–Trinajstić information content (AvgIpc) is 2.98. The number of piperidine rings is 1. The maximum atomic E-state index is 11.9. The Morgan fingerprint density at radius 3 is 2.80 bits per heavy atom. The molecule has 0 aromatic heterocycles. The molecule has 1 aliphatic heterocycles. The summed E-state index contributed by atoms with van der Waals surface area (Å²) in [5.41, 5.74) is 0. The van der Waals surface area contributed by atoms with Crippen molar-refractivity contribution >= 4 is 5.91 Å². The molecule has 116 valence electrons. The zero-order valence-electron chi connectivity index (χ0n) is 12.8. The molecular formula is C16H30N2O2. The maximum absolute atomic E-state index is 11.9. The highest BCUT2D eigenvalue weighted by Gasteiger charge is 2.22. The van der Waals surface area contributed by atoms with E-state index >= 15 is 0 Å². The van der Waals surface area contributed by atoms with Gasteiger partial charge in [0, 0.05) is 13.0 Å². The molecule has 1 saturated carbocycles. The quantitative estimate of drug-likeness (QED) is 0.703. The van der Waals surface area contributed by atoms with Crippen molar-refractivity contribution in [2.24, 2.45) is 11.8 Å². The molecule has 1 amide bonds. The minimum atomic E-state index is 0.179. The SMILES string of the molecule is CC(CC(=O)NCCOC1CCCC1)C1CCCNC1. The average molecular weight is 282 g/mol. The van der Waals surface area contributed by atoms with Gasteiger partial charge < -0.3 is 15.4 Å². The molecule has 1 saturated heterocycles. The third-order valence-electron chi connectivity index (χ3n) is 4.73. The maximum Gasteiger partial charge on any atom is 0.220 e. The Balaban J connectivity index is 1.52. The van der Waals surface area contributed by atoms with Gasteiger partial charge in [-0.15, -0.1) is 0 Å². The highest BCUT2D eigenvalue weighted by atomic mass is 16.5. The van der Waals surface area contributed by atoms with E-state index in [1.807, 2.05) is 0 Å². The first kappa shape index (κ1) is 15.8. The lowest BCUT2D eigenvalue weighted by molar-refractivity contribution is -0.122. The van der Waals surface area contributed by atoms with Gasteiger partial charge >= 0.3 is 0 Å². The largest absolute Gasteiger partial charge is 0.376 e. The lowest BCUT2D eigenvalue weighted by atomic mass is 9.85. The Morgan fingerprint density at radius 1 is 1.30 bits per heavy atom. The summed E-state index contributed by atoms with van der Waals surface area (Å²) in [5.74, 6) is 1.31. The molecule has 0 spiro atoms. The van der Waals surface area contributed by atoms with Crippen LogP contribution in [0, 0.1) is 11.8 Å². The van der Waals surface area contributed by atoms with Gasteiger partial charge in [-0.3, -0.25) is 4.79 Å². The van der Waals surface area contributed by atoms with E-state index in [0.717, 1.165) is 13.1 Å². The van der Waals surface area contributed by atoms with Crippen LogP contribution < -0.4 is 10.6 Å². The molecule has 20 heavy (non-hydrogen) atoms. The highest BCUT2D eigenvalue weighted by molar-refractivity contribution is 5.76. The van der Waals surface area contributed by atoms with E-state index < -0.39 is 0 Å². The zero-order valence-corrected chi connectivity index (χ0v) is 12.8. The summed E-state index contributed by atoms with van der Waals surface area (Å²) in [5, 5.41) is 6.41. The van der Waals surface area contributed by atoms with Crippen molar-refractivity contribution in [2.75, 3.05) is 26.2 Å². The Labute approximate surface area is 123 Å². The van der Waals surface area contributed by atoms with Crippen LogP contribution in [0.15, 0.2) is 0 Å². The highest BCUT2D eigenvalue weighted by Crippen LogP contribution is 2.22. The van der Waals surface area contributed by atoms with Crippen LogP contribution in [0.25, 0.3) is 0 Å². The van der Waals surface area contributed by atoms with Gasteiger partial charge in [0.15, 0.2) is 0 Å². The van der Waals surface area contributed by atoms with E-state index in [0.29, 0.717) is 37.5 Å². The van der Waals surface area contributed by atoms with E-state index in [4.69, 9.17) is 4.74 Å². The second kappa shape index (κ2) is 8.63. The van der Waals surface area contributed by atoms with Gasteiger partial charge in [-0.1, -0.05) is 19.8 Å². The van der Waals surface area contributed by atoms with Gasteiger partial charge in [0.05, 0.1) is 12.7 Å². The molecule has 2 unspecified atom stereocenters. The van der Waals surface area contributed by atoms with Crippen LogP contribution in [-0.2, 0) is 9.53 Å². The first-order valence-corrected chi connectivity index (χ1v) is 8.34. The second-order valence-electron chi connectivity index (χ2n) is 6.42. The summed E-state index contributed by atoms with van der Waals surface area (Å²) in [4.78, 5) is 11.9. The third-order valence-corrected chi connectivity index (χ3v) is 4.73. The second-order valence-corrected chi connectivity index (χ2v) is 6.42. The van der Waals surface area contributed by atoms with Crippen LogP contribution in [0.1, 0.15) is 51.9 Å². The molecule has 0 radical (unpaired) electrons. The molecule has 0 aromatic rings. The number of nitrogens with one attached hydrogen (secondary N) is 2. The van der Waals surface area contributed by atoms with Gasteiger partial charge in [0.2, 0.25) is 5.91 Å².